The van der Waals surface area contributed by atoms with Gasteiger partial charge in [-0.1, -0.05) is 66.7 Å². The Bertz CT molecular complexity index is 1260. The summed E-state index contributed by atoms with van der Waals surface area (Å²) < 4.78 is 10.7. The number of imide groups is 1. The molecule has 0 radical (unpaired) electrons. The second-order valence-corrected chi connectivity index (χ2v) is 9.53. The number of carbonyl (C=O) groups is 3. The lowest BCUT2D eigenvalue weighted by Gasteiger charge is -2.22. The molecule has 2 aliphatic heterocycles. The molecule has 2 heterocycles. The molecule has 190 valence electrons. The van der Waals surface area contributed by atoms with Crippen LogP contribution in [0.5, 0.6) is 11.5 Å². The second kappa shape index (κ2) is 10.3. The molecule has 0 spiro atoms. The predicted molar refractivity (Wildman–Crippen MR) is 137 cm³/mol. The van der Waals surface area contributed by atoms with E-state index in [9.17, 15) is 14.4 Å². The highest BCUT2D eigenvalue weighted by Gasteiger charge is 2.48. The molecular weight excluding hydrogens is 470 g/mol. The van der Waals surface area contributed by atoms with Gasteiger partial charge in [-0.15, -0.1) is 0 Å². The second-order valence-electron chi connectivity index (χ2n) is 9.53. The van der Waals surface area contributed by atoms with Crippen LogP contribution in [-0.2, 0) is 16.0 Å². The highest BCUT2D eigenvalue weighted by atomic mass is 16.7. The van der Waals surface area contributed by atoms with Crippen LogP contribution in [0, 0.1) is 0 Å². The van der Waals surface area contributed by atoms with Gasteiger partial charge in [-0.3, -0.25) is 14.5 Å². The molecule has 1 unspecified atom stereocenters. The van der Waals surface area contributed by atoms with Crippen molar-refractivity contribution in [2.75, 3.05) is 19.9 Å². The molecule has 8 heteroatoms. The highest BCUT2D eigenvalue weighted by molar-refractivity contribution is 6.08. The number of nitrogens with zero attached hydrogens (tertiary/aromatic N) is 1. The van der Waals surface area contributed by atoms with Crippen LogP contribution in [0.1, 0.15) is 36.0 Å². The van der Waals surface area contributed by atoms with Crippen LogP contribution in [-0.4, -0.2) is 48.2 Å². The normalized spacial score (nSPS) is 18.3. The zero-order valence-corrected chi connectivity index (χ0v) is 20.6. The van der Waals surface area contributed by atoms with E-state index in [1.807, 2.05) is 42.5 Å². The van der Waals surface area contributed by atoms with Gasteiger partial charge < -0.3 is 20.1 Å². The van der Waals surface area contributed by atoms with Crippen molar-refractivity contribution in [2.24, 2.45) is 0 Å². The zero-order chi connectivity index (χ0) is 25.8. The predicted octanol–water partition coefficient (Wildman–Crippen LogP) is 3.61. The third-order valence-electron chi connectivity index (χ3n) is 6.80. The third kappa shape index (κ3) is 5.28. The molecule has 0 saturated carbocycles. The summed E-state index contributed by atoms with van der Waals surface area (Å²) in [5.74, 6) is 0.561. The van der Waals surface area contributed by atoms with Gasteiger partial charge in [0, 0.05) is 18.9 Å². The number of fused-ring (bicyclic) bond motifs is 1. The van der Waals surface area contributed by atoms with E-state index in [2.05, 4.69) is 34.9 Å². The maximum absolute atomic E-state index is 13.2. The maximum atomic E-state index is 13.2. The largest absolute Gasteiger partial charge is 0.454 e. The summed E-state index contributed by atoms with van der Waals surface area (Å²) in [5, 5.41) is 5.64. The average Bonchev–Trinajstić information content (AvgIpc) is 3.45. The van der Waals surface area contributed by atoms with E-state index < -0.39 is 17.5 Å². The minimum absolute atomic E-state index is 0.115. The fourth-order valence-corrected chi connectivity index (χ4v) is 4.92. The van der Waals surface area contributed by atoms with Crippen LogP contribution in [0.15, 0.2) is 78.9 Å². The number of ether oxygens (including phenoxy) is 2. The Balaban J connectivity index is 1.18. The van der Waals surface area contributed by atoms with E-state index in [1.54, 1.807) is 19.1 Å². The summed E-state index contributed by atoms with van der Waals surface area (Å²) in [4.78, 5) is 39.5. The number of amides is 4. The number of carbonyl (C=O) groups excluding carboxylic acids is 3. The van der Waals surface area contributed by atoms with Crippen molar-refractivity contribution >= 4 is 17.8 Å². The minimum atomic E-state index is -1.16. The Morgan fingerprint density at radius 2 is 1.62 bits per heavy atom. The smallest absolute Gasteiger partial charge is 0.325 e. The fraction of sp³-hybridized carbons (Fsp3) is 0.276. The number of rotatable bonds is 9. The highest BCUT2D eigenvalue weighted by Crippen LogP contribution is 2.34. The van der Waals surface area contributed by atoms with Crippen molar-refractivity contribution in [3.63, 3.8) is 0 Å². The van der Waals surface area contributed by atoms with Gasteiger partial charge in [0.15, 0.2) is 11.5 Å². The van der Waals surface area contributed by atoms with Crippen molar-refractivity contribution in [2.45, 2.75) is 31.2 Å². The van der Waals surface area contributed by atoms with E-state index in [4.69, 9.17) is 9.47 Å². The summed E-state index contributed by atoms with van der Waals surface area (Å²) in [6, 6.07) is 25.1. The van der Waals surface area contributed by atoms with Gasteiger partial charge in [0.05, 0.1) is 0 Å². The SMILES string of the molecule is CC1(Cc2ccc3c(c2)OCO3)NC(=O)N(CC(=O)NCCC(c2ccccc2)c2ccccc2)C1=O. The van der Waals surface area contributed by atoms with Crippen LogP contribution >= 0.6 is 0 Å². The number of hydrogen-bond donors (Lipinski definition) is 2. The van der Waals surface area contributed by atoms with Crippen LogP contribution in [0.3, 0.4) is 0 Å². The molecule has 37 heavy (non-hydrogen) atoms. The van der Waals surface area contributed by atoms with Crippen LogP contribution < -0.4 is 20.1 Å². The monoisotopic (exact) mass is 499 g/mol. The quantitative estimate of drug-likeness (QED) is 0.439. The van der Waals surface area contributed by atoms with Crippen molar-refractivity contribution in [1.29, 1.82) is 0 Å². The Morgan fingerprint density at radius 3 is 2.30 bits per heavy atom. The molecule has 8 nitrogen and oxygen atoms in total. The van der Waals surface area contributed by atoms with Gasteiger partial charge in [0.2, 0.25) is 12.7 Å². The van der Waals surface area contributed by atoms with Crippen molar-refractivity contribution in [1.82, 2.24) is 15.5 Å². The lowest BCUT2D eigenvalue weighted by Crippen LogP contribution is -2.47. The number of urea groups is 1. The molecule has 5 rings (SSSR count). The number of hydrogen-bond acceptors (Lipinski definition) is 5. The summed E-state index contributed by atoms with van der Waals surface area (Å²) in [5.41, 5.74) is 1.99. The van der Waals surface area contributed by atoms with E-state index in [0.29, 0.717) is 24.5 Å². The Hall–Kier alpha value is -4.33. The summed E-state index contributed by atoms with van der Waals surface area (Å²) in [7, 11) is 0. The van der Waals surface area contributed by atoms with E-state index in [0.717, 1.165) is 21.6 Å². The van der Waals surface area contributed by atoms with E-state index >= 15 is 0 Å². The summed E-state index contributed by atoms with van der Waals surface area (Å²) >= 11 is 0. The Morgan fingerprint density at radius 1 is 0.973 bits per heavy atom. The van der Waals surface area contributed by atoms with Crippen LogP contribution in [0.25, 0.3) is 0 Å². The first-order valence-electron chi connectivity index (χ1n) is 12.3. The maximum Gasteiger partial charge on any atom is 0.325 e. The number of nitrogens with one attached hydrogen (secondary N) is 2. The summed E-state index contributed by atoms with van der Waals surface area (Å²) in [6.45, 7) is 1.90. The summed E-state index contributed by atoms with van der Waals surface area (Å²) in [6.07, 6.45) is 0.948. The minimum Gasteiger partial charge on any atom is -0.454 e. The van der Waals surface area contributed by atoms with E-state index in [1.165, 1.54) is 0 Å². The van der Waals surface area contributed by atoms with Gasteiger partial charge in [0.25, 0.3) is 5.91 Å². The van der Waals surface area contributed by atoms with Gasteiger partial charge >= 0.3 is 6.03 Å². The molecule has 0 bridgehead atoms. The third-order valence-corrected chi connectivity index (χ3v) is 6.80. The van der Waals surface area contributed by atoms with E-state index in [-0.39, 0.29) is 31.6 Å². The average molecular weight is 500 g/mol. The number of benzene rings is 3. The first-order valence-corrected chi connectivity index (χ1v) is 12.3. The first-order chi connectivity index (χ1) is 17.9. The standard InChI is InChI=1S/C29H29N3O5/c1-29(17-20-12-13-24-25(16-20)37-19-36-24)27(34)32(28(35)31-29)18-26(33)30-15-14-23(21-8-4-2-5-9-21)22-10-6-3-7-11-22/h2-13,16,23H,14-15,17-19H2,1H3,(H,30,33)(H,31,35). The molecule has 1 fully saturated rings. The molecule has 0 aliphatic carbocycles. The lowest BCUT2D eigenvalue weighted by atomic mass is 9.88. The molecular formula is C29H29N3O5. The topological polar surface area (TPSA) is 97.0 Å². The zero-order valence-electron chi connectivity index (χ0n) is 20.6. The van der Waals surface area contributed by atoms with Crippen molar-refractivity contribution in [3.05, 3.63) is 95.6 Å². The Kier molecular flexibility index (Phi) is 6.81. The Labute approximate surface area is 215 Å². The van der Waals surface area contributed by atoms with Gasteiger partial charge in [0.1, 0.15) is 12.1 Å². The lowest BCUT2D eigenvalue weighted by molar-refractivity contribution is -0.134. The molecule has 2 N–H and O–H groups in total. The van der Waals surface area contributed by atoms with Gasteiger partial charge in [-0.05, 0) is 42.2 Å². The fourth-order valence-electron chi connectivity index (χ4n) is 4.92. The van der Waals surface area contributed by atoms with Crippen molar-refractivity contribution in [3.8, 4) is 11.5 Å². The van der Waals surface area contributed by atoms with Gasteiger partial charge in [-0.25, -0.2) is 4.79 Å². The molecule has 0 aromatic heterocycles. The molecule has 3 aromatic rings. The first kappa shape index (κ1) is 24.4. The molecule has 2 aliphatic rings. The van der Waals surface area contributed by atoms with Crippen molar-refractivity contribution < 1.29 is 23.9 Å². The molecule has 1 atom stereocenters. The molecule has 3 aromatic carbocycles. The molecule has 4 amide bonds. The van der Waals surface area contributed by atoms with Crippen LogP contribution in [0.4, 0.5) is 4.79 Å². The van der Waals surface area contributed by atoms with Gasteiger partial charge in [-0.2, -0.15) is 0 Å². The molecule has 1 saturated heterocycles. The van der Waals surface area contributed by atoms with Crippen LogP contribution in [0.2, 0.25) is 0 Å².